The summed E-state index contributed by atoms with van der Waals surface area (Å²) in [5, 5.41) is 14.5. The van der Waals surface area contributed by atoms with E-state index in [9.17, 15) is 18.0 Å². The van der Waals surface area contributed by atoms with Gasteiger partial charge in [0.2, 0.25) is 15.9 Å². The van der Waals surface area contributed by atoms with E-state index in [1.54, 1.807) is 13.0 Å². The molecule has 8 nitrogen and oxygen atoms in total. The quantitative estimate of drug-likeness (QED) is 0.571. The number of hydrogen-bond acceptors (Lipinski definition) is 5. The Bertz CT molecular complexity index is 724. The molecule has 1 aromatic carbocycles. The molecule has 3 N–H and O–H groups in total. The van der Waals surface area contributed by atoms with E-state index in [4.69, 9.17) is 5.11 Å². The third-order valence-corrected chi connectivity index (χ3v) is 5.41. The summed E-state index contributed by atoms with van der Waals surface area (Å²) >= 11 is 0. The molecule has 0 aliphatic carbocycles. The maximum absolute atomic E-state index is 12.2. The number of aliphatic carboxylic acids is 1. The van der Waals surface area contributed by atoms with Crippen LogP contribution in [0.4, 0.5) is 5.69 Å². The molecule has 0 aliphatic heterocycles. The molecule has 1 aromatic rings. The number of sulfonamides is 1. The average molecular weight is 408 g/mol. The van der Waals surface area contributed by atoms with E-state index in [0.29, 0.717) is 18.5 Å². The van der Waals surface area contributed by atoms with Crippen LogP contribution in [0.2, 0.25) is 0 Å². The predicted octanol–water partition coefficient (Wildman–Crippen LogP) is 1.53. The number of carboxylic acid groups (broad SMARTS) is 1. The Morgan fingerprint density at radius 3 is 2.38 bits per heavy atom. The first-order valence-electron chi connectivity index (χ1n) is 7.92. The fourth-order valence-electron chi connectivity index (χ4n) is 2.14. The summed E-state index contributed by atoms with van der Waals surface area (Å²) < 4.78 is 25.3. The van der Waals surface area contributed by atoms with Gasteiger partial charge in [-0.25, -0.2) is 12.7 Å². The van der Waals surface area contributed by atoms with Crippen LogP contribution in [0.1, 0.15) is 26.7 Å². The molecular weight excluding hydrogens is 382 g/mol. The molecule has 0 heterocycles. The Balaban J connectivity index is 0.00000625. The second-order valence-electron chi connectivity index (χ2n) is 5.87. The number of nitrogens with zero attached hydrogens (tertiary/aromatic N) is 1. The lowest BCUT2D eigenvalue weighted by Crippen LogP contribution is -2.47. The van der Waals surface area contributed by atoms with Gasteiger partial charge in [0, 0.05) is 19.8 Å². The maximum atomic E-state index is 12.2. The molecule has 0 aliphatic rings. The summed E-state index contributed by atoms with van der Waals surface area (Å²) in [6.45, 7) is 3.42. The van der Waals surface area contributed by atoms with Crippen molar-refractivity contribution in [3.8, 4) is 0 Å². The Kier molecular flexibility index (Phi) is 9.79. The molecular formula is C16H26ClN3O5S. The third-order valence-electron chi connectivity index (χ3n) is 3.60. The van der Waals surface area contributed by atoms with Crippen molar-refractivity contribution in [2.24, 2.45) is 0 Å². The molecule has 0 aromatic heterocycles. The second kappa shape index (κ2) is 10.5. The van der Waals surface area contributed by atoms with E-state index in [0.717, 1.165) is 4.31 Å². The monoisotopic (exact) mass is 407 g/mol. The largest absolute Gasteiger partial charge is 0.480 e. The summed E-state index contributed by atoms with van der Waals surface area (Å²) in [7, 11) is -0.758. The Labute approximate surface area is 160 Å². The minimum atomic E-state index is -3.60. The van der Waals surface area contributed by atoms with Crippen molar-refractivity contribution in [2.45, 2.75) is 43.7 Å². The standard InChI is InChI=1S/C16H25N3O5S.ClH/c1-5-7-14(16(21)22)17-11(2)15(20)18-12-8-6-9-13(10-12)25(23,24)19(3)4;/h6,8-11,14,17H,5,7H2,1-4H3,(H,18,20)(H,21,22);1H. The smallest absolute Gasteiger partial charge is 0.320 e. The van der Waals surface area contributed by atoms with Crippen molar-refractivity contribution in [3.63, 3.8) is 0 Å². The number of rotatable bonds is 9. The van der Waals surface area contributed by atoms with Gasteiger partial charge in [-0.15, -0.1) is 12.4 Å². The van der Waals surface area contributed by atoms with Gasteiger partial charge in [0.05, 0.1) is 10.9 Å². The number of halogens is 1. The summed E-state index contributed by atoms with van der Waals surface area (Å²) in [6, 6.07) is 4.34. The molecule has 1 amide bonds. The molecule has 148 valence electrons. The number of nitrogens with one attached hydrogen (secondary N) is 2. The fourth-order valence-corrected chi connectivity index (χ4v) is 3.09. The first-order valence-corrected chi connectivity index (χ1v) is 9.36. The molecule has 1 rings (SSSR count). The van der Waals surface area contributed by atoms with Crippen LogP contribution in [0.15, 0.2) is 29.2 Å². The van der Waals surface area contributed by atoms with Gasteiger partial charge in [-0.05, 0) is 31.5 Å². The van der Waals surface area contributed by atoms with Crippen LogP contribution in [0.25, 0.3) is 0 Å². The van der Waals surface area contributed by atoms with Crippen molar-refractivity contribution < 1.29 is 23.1 Å². The highest BCUT2D eigenvalue weighted by atomic mass is 35.5. The minimum Gasteiger partial charge on any atom is -0.480 e. The van der Waals surface area contributed by atoms with Gasteiger partial charge in [0.1, 0.15) is 6.04 Å². The van der Waals surface area contributed by atoms with Gasteiger partial charge in [0.15, 0.2) is 0 Å². The zero-order chi connectivity index (χ0) is 19.2. The molecule has 2 unspecified atom stereocenters. The molecule has 10 heteroatoms. The van der Waals surface area contributed by atoms with Gasteiger partial charge < -0.3 is 10.4 Å². The van der Waals surface area contributed by atoms with Crippen LogP contribution < -0.4 is 10.6 Å². The highest BCUT2D eigenvalue weighted by Crippen LogP contribution is 2.18. The summed E-state index contributed by atoms with van der Waals surface area (Å²) in [5.41, 5.74) is 0.323. The average Bonchev–Trinajstić information content (AvgIpc) is 2.54. The van der Waals surface area contributed by atoms with Crippen LogP contribution in [-0.4, -0.2) is 55.9 Å². The van der Waals surface area contributed by atoms with Crippen molar-refractivity contribution in [3.05, 3.63) is 24.3 Å². The van der Waals surface area contributed by atoms with Crippen LogP contribution in [0, 0.1) is 0 Å². The zero-order valence-electron chi connectivity index (χ0n) is 15.2. The number of benzene rings is 1. The lowest BCUT2D eigenvalue weighted by molar-refractivity contribution is -0.140. The predicted molar refractivity (Wildman–Crippen MR) is 102 cm³/mol. The van der Waals surface area contributed by atoms with Gasteiger partial charge in [-0.1, -0.05) is 19.4 Å². The third kappa shape index (κ3) is 6.56. The number of carboxylic acids is 1. The van der Waals surface area contributed by atoms with Crippen LogP contribution in [0.5, 0.6) is 0 Å². The number of carbonyl (C=O) groups is 2. The molecule has 26 heavy (non-hydrogen) atoms. The number of anilines is 1. The molecule has 0 bridgehead atoms. The lowest BCUT2D eigenvalue weighted by atomic mass is 10.1. The first kappa shape index (κ1) is 24.3. The number of amides is 1. The van der Waals surface area contributed by atoms with Crippen molar-refractivity contribution in [1.29, 1.82) is 0 Å². The van der Waals surface area contributed by atoms with Crippen molar-refractivity contribution >= 4 is 40.0 Å². The Hall–Kier alpha value is -1.68. The second-order valence-corrected chi connectivity index (χ2v) is 8.02. The summed E-state index contributed by atoms with van der Waals surface area (Å²) in [4.78, 5) is 23.5. The normalized spacial score (nSPS) is 13.6. The number of carbonyl (C=O) groups excluding carboxylic acids is 1. The Morgan fingerprint density at radius 2 is 1.88 bits per heavy atom. The van der Waals surface area contributed by atoms with E-state index < -0.39 is 34.0 Å². The molecule has 0 fully saturated rings. The SMILES string of the molecule is CCCC(NC(C)C(=O)Nc1cccc(S(=O)(=O)N(C)C)c1)C(=O)O.Cl. The highest BCUT2D eigenvalue weighted by molar-refractivity contribution is 7.89. The molecule has 0 radical (unpaired) electrons. The Morgan fingerprint density at radius 1 is 1.27 bits per heavy atom. The first-order chi connectivity index (χ1) is 11.6. The molecule has 0 spiro atoms. The topological polar surface area (TPSA) is 116 Å². The van der Waals surface area contributed by atoms with E-state index in [-0.39, 0.29) is 17.3 Å². The van der Waals surface area contributed by atoms with Crippen LogP contribution in [-0.2, 0) is 19.6 Å². The van der Waals surface area contributed by atoms with E-state index >= 15 is 0 Å². The summed E-state index contributed by atoms with van der Waals surface area (Å²) in [6.07, 6.45) is 1.08. The van der Waals surface area contributed by atoms with Crippen LogP contribution in [0.3, 0.4) is 0 Å². The van der Waals surface area contributed by atoms with Crippen molar-refractivity contribution in [1.82, 2.24) is 9.62 Å². The number of hydrogen-bond donors (Lipinski definition) is 3. The zero-order valence-corrected chi connectivity index (χ0v) is 16.9. The lowest BCUT2D eigenvalue weighted by Gasteiger charge is -2.19. The fraction of sp³-hybridized carbons (Fsp3) is 0.500. The van der Waals surface area contributed by atoms with Gasteiger partial charge >= 0.3 is 5.97 Å². The molecule has 0 saturated heterocycles. The van der Waals surface area contributed by atoms with E-state index in [2.05, 4.69) is 10.6 Å². The van der Waals surface area contributed by atoms with E-state index in [1.165, 1.54) is 32.3 Å². The summed E-state index contributed by atoms with van der Waals surface area (Å²) in [5.74, 6) is -1.46. The van der Waals surface area contributed by atoms with Gasteiger partial charge in [-0.3, -0.25) is 14.9 Å². The maximum Gasteiger partial charge on any atom is 0.320 e. The van der Waals surface area contributed by atoms with E-state index in [1.807, 2.05) is 6.92 Å². The molecule has 2 atom stereocenters. The van der Waals surface area contributed by atoms with Crippen molar-refractivity contribution in [2.75, 3.05) is 19.4 Å². The minimum absolute atomic E-state index is 0. The van der Waals surface area contributed by atoms with Gasteiger partial charge in [0.25, 0.3) is 0 Å². The van der Waals surface area contributed by atoms with Gasteiger partial charge in [-0.2, -0.15) is 0 Å². The van der Waals surface area contributed by atoms with Crippen LogP contribution >= 0.6 is 12.4 Å². The highest BCUT2D eigenvalue weighted by Gasteiger charge is 2.23. The molecule has 0 saturated carbocycles.